The highest BCUT2D eigenvalue weighted by Crippen LogP contribution is 2.19. The second-order valence-corrected chi connectivity index (χ2v) is 4.89. The Bertz CT molecular complexity index is 639. The monoisotopic (exact) mass is 319 g/mol. The molecule has 114 valence electrons. The molecule has 0 aromatic heterocycles. The summed E-state index contributed by atoms with van der Waals surface area (Å²) in [6.45, 7) is 0.424. The second-order valence-electron chi connectivity index (χ2n) is 4.48. The number of halogens is 2. The third-order valence-electron chi connectivity index (χ3n) is 2.86. The van der Waals surface area contributed by atoms with Gasteiger partial charge >= 0.3 is 6.09 Å². The fraction of sp³-hybridized carbons (Fsp3) is 0.118. The molecule has 3 nitrogen and oxygen atoms in total. The molecule has 0 saturated heterocycles. The molecular formula is C17H15ClFNO2. The first-order valence-corrected chi connectivity index (χ1v) is 7.09. The van der Waals surface area contributed by atoms with Crippen LogP contribution in [0, 0.1) is 5.82 Å². The van der Waals surface area contributed by atoms with Gasteiger partial charge in [-0.2, -0.15) is 0 Å². The number of carbonyl (C=O) groups excluding carboxylic acids is 1. The van der Waals surface area contributed by atoms with Crippen LogP contribution in [0.2, 0.25) is 5.02 Å². The van der Waals surface area contributed by atoms with Crippen LogP contribution in [0.25, 0.3) is 6.08 Å². The van der Waals surface area contributed by atoms with Gasteiger partial charge in [-0.1, -0.05) is 60.2 Å². The maximum Gasteiger partial charge on any atom is 0.407 e. The molecule has 0 aliphatic carbocycles. The number of ether oxygens (including phenoxy) is 1. The van der Waals surface area contributed by atoms with Crippen molar-refractivity contribution >= 4 is 23.8 Å². The lowest BCUT2D eigenvalue weighted by Crippen LogP contribution is -2.24. The van der Waals surface area contributed by atoms with Gasteiger partial charge in [-0.15, -0.1) is 0 Å². The van der Waals surface area contributed by atoms with E-state index in [0.29, 0.717) is 10.6 Å². The summed E-state index contributed by atoms with van der Waals surface area (Å²) in [5.74, 6) is -0.407. The molecule has 0 unspecified atom stereocenters. The van der Waals surface area contributed by atoms with Gasteiger partial charge in [0.15, 0.2) is 0 Å². The van der Waals surface area contributed by atoms with Gasteiger partial charge in [0.25, 0.3) is 0 Å². The number of alkyl carbamates (subject to hydrolysis) is 1. The zero-order valence-corrected chi connectivity index (χ0v) is 12.5. The van der Waals surface area contributed by atoms with Gasteiger partial charge in [0.2, 0.25) is 0 Å². The molecule has 5 heteroatoms. The molecule has 22 heavy (non-hydrogen) atoms. The second kappa shape index (κ2) is 8.20. The van der Waals surface area contributed by atoms with Gasteiger partial charge < -0.3 is 10.1 Å². The van der Waals surface area contributed by atoms with Crippen molar-refractivity contribution in [2.24, 2.45) is 0 Å². The van der Waals surface area contributed by atoms with Crippen molar-refractivity contribution in [2.45, 2.75) is 6.61 Å². The number of amides is 1. The van der Waals surface area contributed by atoms with E-state index in [1.807, 2.05) is 30.3 Å². The predicted molar refractivity (Wildman–Crippen MR) is 85.1 cm³/mol. The lowest BCUT2D eigenvalue weighted by atomic mass is 10.2. The fourth-order valence-corrected chi connectivity index (χ4v) is 1.99. The van der Waals surface area contributed by atoms with E-state index in [9.17, 15) is 9.18 Å². The molecule has 0 radical (unpaired) electrons. The average Bonchev–Trinajstić information content (AvgIpc) is 2.53. The van der Waals surface area contributed by atoms with Crippen molar-refractivity contribution in [3.8, 4) is 0 Å². The molecule has 0 saturated carbocycles. The molecule has 1 N–H and O–H groups in total. The number of hydrogen-bond acceptors (Lipinski definition) is 2. The van der Waals surface area contributed by atoms with Crippen molar-refractivity contribution in [2.75, 3.05) is 6.54 Å². The summed E-state index contributed by atoms with van der Waals surface area (Å²) in [7, 11) is 0. The molecule has 0 spiro atoms. The smallest absolute Gasteiger partial charge is 0.407 e. The molecule has 0 heterocycles. The van der Waals surface area contributed by atoms with Crippen LogP contribution in [0.4, 0.5) is 9.18 Å². The van der Waals surface area contributed by atoms with Crippen LogP contribution in [-0.4, -0.2) is 12.6 Å². The maximum absolute atomic E-state index is 13.5. The highest BCUT2D eigenvalue weighted by molar-refractivity contribution is 6.32. The van der Waals surface area contributed by atoms with Gasteiger partial charge in [0.05, 0.1) is 5.02 Å². The molecule has 1 amide bonds. The van der Waals surface area contributed by atoms with Crippen LogP contribution in [-0.2, 0) is 11.3 Å². The Morgan fingerprint density at radius 1 is 1.18 bits per heavy atom. The molecule has 2 aromatic rings. The van der Waals surface area contributed by atoms with Crippen molar-refractivity contribution in [3.05, 3.63) is 76.6 Å². The van der Waals surface area contributed by atoms with Crippen LogP contribution in [0.15, 0.2) is 54.6 Å². The first-order valence-electron chi connectivity index (χ1n) is 6.72. The van der Waals surface area contributed by atoms with Gasteiger partial charge in [0.1, 0.15) is 12.4 Å². The normalized spacial score (nSPS) is 10.6. The lowest BCUT2D eigenvalue weighted by Gasteiger charge is -2.05. The molecule has 0 atom stereocenters. The van der Waals surface area contributed by atoms with E-state index < -0.39 is 11.9 Å². The summed E-state index contributed by atoms with van der Waals surface area (Å²) in [5, 5.41) is 2.87. The molecule has 0 aliphatic rings. The summed E-state index contributed by atoms with van der Waals surface area (Å²) in [5.41, 5.74) is 1.20. The van der Waals surface area contributed by atoms with Crippen LogP contribution >= 0.6 is 11.6 Å². The predicted octanol–water partition coefficient (Wildman–Crippen LogP) is 4.42. The number of nitrogens with one attached hydrogen (secondary N) is 1. The summed E-state index contributed by atoms with van der Waals surface area (Å²) in [4.78, 5) is 11.5. The van der Waals surface area contributed by atoms with Crippen molar-refractivity contribution in [1.29, 1.82) is 0 Å². The molecule has 0 fully saturated rings. The zero-order valence-electron chi connectivity index (χ0n) is 11.8. The Morgan fingerprint density at radius 2 is 1.95 bits per heavy atom. The number of hydrogen-bond donors (Lipinski definition) is 1. The van der Waals surface area contributed by atoms with Gasteiger partial charge in [0, 0.05) is 12.1 Å². The van der Waals surface area contributed by atoms with E-state index in [4.69, 9.17) is 16.3 Å². The van der Waals surface area contributed by atoms with Crippen LogP contribution in [0.1, 0.15) is 11.1 Å². The minimum absolute atomic E-state index is 0.204. The highest BCUT2D eigenvalue weighted by Gasteiger charge is 2.03. The molecular weight excluding hydrogens is 305 g/mol. The number of benzene rings is 2. The van der Waals surface area contributed by atoms with Gasteiger partial charge in [-0.3, -0.25) is 0 Å². The average molecular weight is 320 g/mol. The largest absolute Gasteiger partial charge is 0.445 e. The Hall–Kier alpha value is -2.33. The Morgan fingerprint density at radius 3 is 2.68 bits per heavy atom. The van der Waals surface area contributed by atoms with E-state index in [0.717, 1.165) is 5.56 Å². The summed E-state index contributed by atoms with van der Waals surface area (Å²) in [6, 6.07) is 13.8. The molecule has 0 bridgehead atoms. The standard InChI is InChI=1S/C17H15ClFNO2/c18-15-9-4-10-16(19)14(15)8-5-11-20-17(21)22-12-13-6-2-1-3-7-13/h1-10H,11-12H2,(H,20,21). The van der Waals surface area contributed by atoms with Crippen LogP contribution in [0.5, 0.6) is 0 Å². The fourth-order valence-electron chi connectivity index (χ4n) is 1.76. The quantitative estimate of drug-likeness (QED) is 0.886. The summed E-state index contributed by atoms with van der Waals surface area (Å²) < 4.78 is 18.5. The Kier molecular flexibility index (Phi) is 5.98. The van der Waals surface area contributed by atoms with E-state index in [1.165, 1.54) is 18.2 Å². The van der Waals surface area contributed by atoms with Crippen LogP contribution < -0.4 is 5.32 Å². The Labute approximate surface area is 133 Å². The van der Waals surface area contributed by atoms with E-state index in [2.05, 4.69) is 5.32 Å². The van der Waals surface area contributed by atoms with E-state index in [-0.39, 0.29) is 13.2 Å². The number of rotatable bonds is 5. The topological polar surface area (TPSA) is 38.3 Å². The summed E-state index contributed by atoms with van der Waals surface area (Å²) >= 11 is 5.89. The molecule has 0 aliphatic heterocycles. The van der Waals surface area contributed by atoms with Gasteiger partial charge in [-0.05, 0) is 17.7 Å². The first kappa shape index (κ1) is 16.0. The lowest BCUT2D eigenvalue weighted by molar-refractivity contribution is 0.141. The highest BCUT2D eigenvalue weighted by atomic mass is 35.5. The third-order valence-corrected chi connectivity index (χ3v) is 3.19. The zero-order chi connectivity index (χ0) is 15.8. The third kappa shape index (κ3) is 4.90. The molecule has 2 aromatic carbocycles. The van der Waals surface area contributed by atoms with Crippen molar-refractivity contribution < 1.29 is 13.9 Å². The van der Waals surface area contributed by atoms with E-state index in [1.54, 1.807) is 12.1 Å². The summed E-state index contributed by atoms with van der Waals surface area (Å²) in [6.07, 6.45) is 2.59. The first-order chi connectivity index (χ1) is 10.7. The maximum atomic E-state index is 13.5. The van der Waals surface area contributed by atoms with E-state index >= 15 is 0 Å². The number of carbonyl (C=O) groups is 1. The Balaban J connectivity index is 1.76. The SMILES string of the molecule is O=C(NCC=Cc1c(F)cccc1Cl)OCc1ccccc1. The van der Waals surface area contributed by atoms with Crippen molar-refractivity contribution in [3.63, 3.8) is 0 Å². The molecule has 2 rings (SSSR count). The van der Waals surface area contributed by atoms with Crippen LogP contribution in [0.3, 0.4) is 0 Å². The van der Waals surface area contributed by atoms with Crippen molar-refractivity contribution in [1.82, 2.24) is 5.32 Å². The van der Waals surface area contributed by atoms with Gasteiger partial charge in [-0.25, -0.2) is 9.18 Å². The minimum Gasteiger partial charge on any atom is -0.445 e. The minimum atomic E-state index is -0.534.